The van der Waals surface area contributed by atoms with Crippen LogP contribution in [0.15, 0.2) is 36.5 Å². The standard InChI is InChI=1S/C15H20N2O/c1-12(2)16-9-10-18-11-13-7-8-17-15-6-4-3-5-14(13)15/h3-8,12,16H,9-11H2,1-2H3. The molecule has 1 aromatic heterocycles. The van der Waals surface area contributed by atoms with Crippen LogP contribution in [-0.2, 0) is 11.3 Å². The van der Waals surface area contributed by atoms with Crippen molar-refractivity contribution in [3.8, 4) is 0 Å². The van der Waals surface area contributed by atoms with Crippen LogP contribution in [0.3, 0.4) is 0 Å². The minimum Gasteiger partial charge on any atom is -0.375 e. The van der Waals surface area contributed by atoms with Crippen molar-refractivity contribution in [2.75, 3.05) is 13.2 Å². The van der Waals surface area contributed by atoms with Gasteiger partial charge in [0.15, 0.2) is 0 Å². The van der Waals surface area contributed by atoms with Crippen molar-refractivity contribution in [3.63, 3.8) is 0 Å². The van der Waals surface area contributed by atoms with E-state index in [0.717, 1.165) is 18.7 Å². The first kappa shape index (κ1) is 13.0. The lowest BCUT2D eigenvalue weighted by Crippen LogP contribution is -2.26. The van der Waals surface area contributed by atoms with E-state index in [9.17, 15) is 0 Å². The fourth-order valence-electron chi connectivity index (χ4n) is 1.88. The lowest BCUT2D eigenvalue weighted by Gasteiger charge is -2.09. The maximum absolute atomic E-state index is 5.69. The van der Waals surface area contributed by atoms with Crippen LogP contribution in [0.1, 0.15) is 19.4 Å². The highest BCUT2D eigenvalue weighted by molar-refractivity contribution is 5.81. The lowest BCUT2D eigenvalue weighted by atomic mass is 10.1. The summed E-state index contributed by atoms with van der Waals surface area (Å²) in [6, 6.07) is 10.7. The lowest BCUT2D eigenvalue weighted by molar-refractivity contribution is 0.122. The Labute approximate surface area is 108 Å². The second-order valence-corrected chi connectivity index (χ2v) is 4.65. The number of benzene rings is 1. The summed E-state index contributed by atoms with van der Waals surface area (Å²) in [7, 11) is 0. The van der Waals surface area contributed by atoms with Crippen LogP contribution < -0.4 is 5.32 Å². The van der Waals surface area contributed by atoms with Crippen LogP contribution in [0.25, 0.3) is 10.9 Å². The van der Waals surface area contributed by atoms with Crippen LogP contribution in [0.5, 0.6) is 0 Å². The van der Waals surface area contributed by atoms with E-state index in [1.165, 1.54) is 10.9 Å². The second kappa shape index (κ2) is 6.47. The molecule has 1 heterocycles. The van der Waals surface area contributed by atoms with E-state index in [1.807, 2.05) is 30.5 Å². The number of nitrogens with one attached hydrogen (secondary N) is 1. The number of pyridine rings is 1. The van der Waals surface area contributed by atoms with Gasteiger partial charge in [-0.25, -0.2) is 0 Å². The Balaban J connectivity index is 1.91. The van der Waals surface area contributed by atoms with Crippen molar-refractivity contribution in [2.45, 2.75) is 26.5 Å². The highest BCUT2D eigenvalue weighted by Gasteiger charge is 2.01. The first-order chi connectivity index (χ1) is 8.77. The zero-order valence-corrected chi connectivity index (χ0v) is 11.0. The Bertz CT molecular complexity index is 491. The van der Waals surface area contributed by atoms with E-state index in [2.05, 4.69) is 30.2 Å². The summed E-state index contributed by atoms with van der Waals surface area (Å²) in [5.41, 5.74) is 2.23. The highest BCUT2D eigenvalue weighted by atomic mass is 16.5. The Kier molecular flexibility index (Phi) is 4.67. The van der Waals surface area contributed by atoms with Crippen molar-refractivity contribution in [1.82, 2.24) is 10.3 Å². The number of nitrogens with zero attached hydrogens (tertiary/aromatic N) is 1. The Morgan fingerprint density at radius 1 is 1.22 bits per heavy atom. The van der Waals surface area contributed by atoms with Gasteiger partial charge in [0.2, 0.25) is 0 Å². The molecular weight excluding hydrogens is 224 g/mol. The summed E-state index contributed by atoms with van der Waals surface area (Å²) in [4.78, 5) is 4.34. The van der Waals surface area contributed by atoms with Gasteiger partial charge in [0.05, 0.1) is 18.7 Å². The molecule has 18 heavy (non-hydrogen) atoms. The molecule has 3 heteroatoms. The Morgan fingerprint density at radius 2 is 2.06 bits per heavy atom. The smallest absolute Gasteiger partial charge is 0.0724 e. The van der Waals surface area contributed by atoms with Crippen LogP contribution >= 0.6 is 0 Å². The molecule has 2 rings (SSSR count). The molecule has 0 saturated carbocycles. The molecule has 2 aromatic rings. The Hall–Kier alpha value is -1.45. The molecule has 0 radical (unpaired) electrons. The van der Waals surface area contributed by atoms with Crippen LogP contribution in [0, 0.1) is 0 Å². The van der Waals surface area contributed by atoms with Crippen LogP contribution in [-0.4, -0.2) is 24.2 Å². The van der Waals surface area contributed by atoms with Crippen molar-refractivity contribution < 1.29 is 4.74 Å². The first-order valence-electron chi connectivity index (χ1n) is 6.41. The predicted octanol–water partition coefficient (Wildman–Crippen LogP) is 2.75. The summed E-state index contributed by atoms with van der Waals surface area (Å²) >= 11 is 0. The molecule has 1 aromatic carbocycles. The maximum atomic E-state index is 5.69. The fraction of sp³-hybridized carbons (Fsp3) is 0.400. The summed E-state index contributed by atoms with van der Waals surface area (Å²) in [6.45, 7) is 6.53. The predicted molar refractivity (Wildman–Crippen MR) is 74.5 cm³/mol. The van der Waals surface area contributed by atoms with E-state index in [0.29, 0.717) is 12.6 Å². The average Bonchev–Trinajstić information content (AvgIpc) is 2.38. The number of rotatable bonds is 6. The van der Waals surface area contributed by atoms with E-state index in [-0.39, 0.29) is 0 Å². The third-order valence-corrected chi connectivity index (χ3v) is 2.80. The third kappa shape index (κ3) is 3.52. The van der Waals surface area contributed by atoms with Gasteiger partial charge in [-0.05, 0) is 17.7 Å². The molecule has 0 amide bonds. The molecule has 0 bridgehead atoms. The number of fused-ring (bicyclic) bond motifs is 1. The third-order valence-electron chi connectivity index (χ3n) is 2.80. The van der Waals surface area contributed by atoms with Gasteiger partial charge in [-0.1, -0.05) is 32.0 Å². The minimum absolute atomic E-state index is 0.510. The number of ether oxygens (including phenoxy) is 1. The summed E-state index contributed by atoms with van der Waals surface area (Å²) in [6.07, 6.45) is 1.84. The normalized spacial score (nSPS) is 11.3. The Morgan fingerprint density at radius 3 is 2.89 bits per heavy atom. The molecule has 0 unspecified atom stereocenters. The van der Waals surface area contributed by atoms with Crippen LogP contribution in [0.4, 0.5) is 0 Å². The maximum Gasteiger partial charge on any atom is 0.0724 e. The fourth-order valence-corrected chi connectivity index (χ4v) is 1.88. The summed E-state index contributed by atoms with van der Waals surface area (Å²) in [5.74, 6) is 0. The van der Waals surface area contributed by atoms with Gasteiger partial charge in [-0.15, -0.1) is 0 Å². The van der Waals surface area contributed by atoms with Gasteiger partial charge in [-0.2, -0.15) is 0 Å². The topological polar surface area (TPSA) is 34.1 Å². The molecule has 1 N–H and O–H groups in total. The SMILES string of the molecule is CC(C)NCCOCc1ccnc2ccccc12. The largest absolute Gasteiger partial charge is 0.375 e. The molecule has 0 aliphatic rings. The van der Waals surface area contributed by atoms with Gasteiger partial charge < -0.3 is 10.1 Å². The van der Waals surface area contributed by atoms with E-state index >= 15 is 0 Å². The van der Waals surface area contributed by atoms with Crippen LogP contribution in [0.2, 0.25) is 0 Å². The first-order valence-corrected chi connectivity index (χ1v) is 6.41. The van der Waals surface area contributed by atoms with Crippen molar-refractivity contribution in [1.29, 1.82) is 0 Å². The van der Waals surface area contributed by atoms with Crippen molar-refractivity contribution >= 4 is 10.9 Å². The van der Waals surface area contributed by atoms with Crippen molar-refractivity contribution in [3.05, 3.63) is 42.1 Å². The van der Waals surface area contributed by atoms with E-state index in [1.54, 1.807) is 0 Å². The summed E-state index contributed by atoms with van der Waals surface area (Å²) in [5, 5.41) is 4.51. The minimum atomic E-state index is 0.510. The molecule has 96 valence electrons. The van der Waals surface area contributed by atoms with Gasteiger partial charge in [0.1, 0.15) is 0 Å². The van der Waals surface area contributed by atoms with Gasteiger partial charge in [-0.3, -0.25) is 4.98 Å². The molecule has 0 spiro atoms. The molecule has 3 nitrogen and oxygen atoms in total. The number of aromatic nitrogens is 1. The number of hydrogen-bond donors (Lipinski definition) is 1. The van der Waals surface area contributed by atoms with Crippen molar-refractivity contribution in [2.24, 2.45) is 0 Å². The summed E-state index contributed by atoms with van der Waals surface area (Å²) < 4.78 is 5.69. The molecule has 0 atom stereocenters. The quantitative estimate of drug-likeness (QED) is 0.793. The molecule has 0 aliphatic carbocycles. The monoisotopic (exact) mass is 244 g/mol. The highest BCUT2D eigenvalue weighted by Crippen LogP contribution is 2.16. The molecule has 0 aliphatic heterocycles. The van der Waals surface area contributed by atoms with Gasteiger partial charge in [0, 0.05) is 24.2 Å². The molecule has 0 fully saturated rings. The van der Waals surface area contributed by atoms with E-state index < -0.39 is 0 Å². The van der Waals surface area contributed by atoms with Gasteiger partial charge >= 0.3 is 0 Å². The zero-order chi connectivity index (χ0) is 12.8. The zero-order valence-electron chi connectivity index (χ0n) is 11.0. The number of para-hydroxylation sites is 1. The number of hydrogen-bond acceptors (Lipinski definition) is 3. The van der Waals surface area contributed by atoms with Gasteiger partial charge in [0.25, 0.3) is 0 Å². The van der Waals surface area contributed by atoms with E-state index in [4.69, 9.17) is 4.74 Å². The molecular formula is C15H20N2O. The second-order valence-electron chi connectivity index (χ2n) is 4.65. The average molecular weight is 244 g/mol. The molecule has 0 saturated heterocycles.